The van der Waals surface area contributed by atoms with Gasteiger partial charge in [-0.1, -0.05) is 45.4 Å². The lowest BCUT2D eigenvalue weighted by Gasteiger charge is -2.50. The number of thiol groups is 1. The van der Waals surface area contributed by atoms with Crippen LogP contribution in [0.3, 0.4) is 0 Å². The Hall–Kier alpha value is -1.65. The Morgan fingerprint density at radius 3 is 2.62 bits per heavy atom. The molecule has 4 rings (SSSR count). The van der Waals surface area contributed by atoms with E-state index in [4.69, 9.17) is 6.42 Å². The van der Waals surface area contributed by atoms with E-state index in [2.05, 4.69) is 69.5 Å². The van der Waals surface area contributed by atoms with Crippen molar-refractivity contribution >= 4 is 18.2 Å². The molecule has 0 saturated heterocycles. The van der Waals surface area contributed by atoms with Crippen molar-refractivity contribution in [2.75, 3.05) is 0 Å². The van der Waals surface area contributed by atoms with E-state index >= 15 is 0 Å². The molecule has 0 bridgehead atoms. The average molecular weight is 365 g/mol. The molecule has 1 saturated carbocycles. The maximum absolute atomic E-state index is 5.77. The summed E-state index contributed by atoms with van der Waals surface area (Å²) in [5, 5.41) is 0. The van der Waals surface area contributed by atoms with Crippen LogP contribution in [-0.2, 0) is 0 Å². The van der Waals surface area contributed by atoms with Crippen molar-refractivity contribution in [2.24, 2.45) is 17.3 Å². The van der Waals surface area contributed by atoms with Gasteiger partial charge in [-0.05, 0) is 72.3 Å². The molecule has 0 aromatic heterocycles. The van der Waals surface area contributed by atoms with Crippen LogP contribution >= 0.6 is 12.6 Å². The van der Waals surface area contributed by atoms with E-state index in [-0.39, 0.29) is 5.41 Å². The van der Waals surface area contributed by atoms with E-state index in [1.807, 2.05) is 13.8 Å². The standard InChI is InChI=1S/C21H22S.C2H6.C2H4/c1-4-14-5-8-20-19-11-13(2)18-12-15(22)6-7-16(18)17(19)9-10-21(14,20)3;2*1-2/h1,5-7,12,17,19-20,22H,2,8-11H2,3H3;1-2H3;1-2H2. The summed E-state index contributed by atoms with van der Waals surface area (Å²) < 4.78 is 0. The van der Waals surface area contributed by atoms with Crippen LogP contribution in [0, 0.1) is 29.6 Å². The zero-order valence-corrected chi connectivity index (χ0v) is 17.4. The van der Waals surface area contributed by atoms with Gasteiger partial charge in [0.1, 0.15) is 0 Å². The molecule has 0 spiro atoms. The molecule has 3 aliphatic rings. The Morgan fingerprint density at radius 2 is 1.96 bits per heavy atom. The summed E-state index contributed by atoms with van der Waals surface area (Å²) in [5.74, 6) is 5.00. The van der Waals surface area contributed by atoms with Gasteiger partial charge in [-0.2, -0.15) is 0 Å². The number of terminal acetylenes is 1. The lowest BCUT2D eigenvalue weighted by Crippen LogP contribution is -2.40. The van der Waals surface area contributed by atoms with Crippen molar-refractivity contribution in [3.63, 3.8) is 0 Å². The molecule has 3 aliphatic carbocycles. The van der Waals surface area contributed by atoms with Crippen LogP contribution in [0.1, 0.15) is 63.5 Å². The van der Waals surface area contributed by atoms with E-state index in [9.17, 15) is 0 Å². The second kappa shape index (κ2) is 8.36. The van der Waals surface area contributed by atoms with E-state index in [0.717, 1.165) is 17.7 Å². The quantitative estimate of drug-likeness (QED) is 0.279. The first kappa shape index (κ1) is 20.7. The number of fused-ring (bicyclic) bond motifs is 5. The summed E-state index contributed by atoms with van der Waals surface area (Å²) >= 11 is 4.50. The fourth-order valence-corrected chi connectivity index (χ4v) is 5.52. The monoisotopic (exact) mass is 364 g/mol. The number of hydrogen-bond donors (Lipinski definition) is 1. The first-order valence-electron chi connectivity index (χ1n) is 9.73. The number of hydrogen-bond acceptors (Lipinski definition) is 1. The first-order valence-corrected chi connectivity index (χ1v) is 10.2. The predicted octanol–water partition coefficient (Wildman–Crippen LogP) is 7.30. The second-order valence-corrected chi connectivity index (χ2v) is 7.93. The van der Waals surface area contributed by atoms with E-state index in [1.165, 1.54) is 35.1 Å². The van der Waals surface area contributed by atoms with Crippen LogP contribution in [0.2, 0.25) is 0 Å². The Balaban J connectivity index is 0.000000570. The molecule has 0 aliphatic heterocycles. The highest BCUT2D eigenvalue weighted by Crippen LogP contribution is 2.62. The van der Waals surface area contributed by atoms with Crippen molar-refractivity contribution in [1.82, 2.24) is 0 Å². The molecule has 0 radical (unpaired) electrons. The second-order valence-electron chi connectivity index (χ2n) is 7.41. The van der Waals surface area contributed by atoms with Crippen molar-refractivity contribution in [3.8, 4) is 12.3 Å². The van der Waals surface area contributed by atoms with Gasteiger partial charge in [0.25, 0.3) is 0 Å². The molecule has 0 amide bonds. The molecular weight excluding hydrogens is 332 g/mol. The minimum Gasteiger partial charge on any atom is -0.143 e. The molecule has 0 heterocycles. The zero-order valence-electron chi connectivity index (χ0n) is 16.5. The third kappa shape index (κ3) is 3.21. The van der Waals surface area contributed by atoms with Crippen LogP contribution in [0.15, 0.2) is 54.5 Å². The van der Waals surface area contributed by atoms with Gasteiger partial charge in [-0.25, -0.2) is 0 Å². The highest BCUT2D eigenvalue weighted by Gasteiger charge is 2.51. The lowest BCUT2D eigenvalue weighted by molar-refractivity contribution is 0.0900. The summed E-state index contributed by atoms with van der Waals surface area (Å²) in [4.78, 5) is 1.04. The topological polar surface area (TPSA) is 0 Å². The van der Waals surface area contributed by atoms with E-state index in [1.54, 1.807) is 0 Å². The molecule has 138 valence electrons. The highest BCUT2D eigenvalue weighted by molar-refractivity contribution is 7.80. The molecule has 1 aromatic carbocycles. The summed E-state index contributed by atoms with van der Waals surface area (Å²) in [7, 11) is 0. The molecule has 1 aromatic rings. The number of allylic oxidation sites excluding steroid dienone is 3. The van der Waals surface area contributed by atoms with Crippen molar-refractivity contribution in [3.05, 3.63) is 60.7 Å². The van der Waals surface area contributed by atoms with Crippen LogP contribution in [0.25, 0.3) is 5.57 Å². The van der Waals surface area contributed by atoms with Gasteiger partial charge in [0.15, 0.2) is 0 Å². The fraction of sp³-hybridized carbons (Fsp3) is 0.440. The molecular formula is C25H32S. The SMILES string of the molecule is C#CC1=CCC2C3CC(=C)c4cc(S)ccc4C3CCC12C.C=C.CC. The van der Waals surface area contributed by atoms with Gasteiger partial charge in [-0.3, -0.25) is 0 Å². The molecule has 0 nitrogen and oxygen atoms in total. The molecule has 0 N–H and O–H groups in total. The minimum absolute atomic E-state index is 0.219. The van der Waals surface area contributed by atoms with Gasteiger partial charge in [0, 0.05) is 15.9 Å². The summed E-state index contributed by atoms with van der Waals surface area (Å²) in [6.07, 6.45) is 12.8. The maximum atomic E-state index is 5.77. The van der Waals surface area contributed by atoms with E-state index in [0.29, 0.717) is 17.8 Å². The Morgan fingerprint density at radius 1 is 1.27 bits per heavy atom. The first-order chi connectivity index (χ1) is 12.5. The fourth-order valence-electron chi connectivity index (χ4n) is 5.32. The van der Waals surface area contributed by atoms with Crippen molar-refractivity contribution < 1.29 is 0 Å². The number of rotatable bonds is 0. The van der Waals surface area contributed by atoms with Crippen LogP contribution in [-0.4, -0.2) is 0 Å². The third-order valence-electron chi connectivity index (χ3n) is 6.47. The van der Waals surface area contributed by atoms with Gasteiger partial charge in [0.2, 0.25) is 0 Å². The normalized spacial score (nSPS) is 30.8. The average Bonchev–Trinajstić information content (AvgIpc) is 3.02. The maximum Gasteiger partial charge on any atom is 0.00462 e. The largest absolute Gasteiger partial charge is 0.143 e. The van der Waals surface area contributed by atoms with Gasteiger partial charge in [0.05, 0.1) is 0 Å². The van der Waals surface area contributed by atoms with Gasteiger partial charge in [-0.15, -0.1) is 32.2 Å². The zero-order chi connectivity index (χ0) is 19.5. The van der Waals surface area contributed by atoms with Crippen LogP contribution < -0.4 is 0 Å². The highest BCUT2D eigenvalue weighted by atomic mass is 32.1. The Labute approximate surface area is 165 Å². The van der Waals surface area contributed by atoms with Crippen LogP contribution in [0.5, 0.6) is 0 Å². The minimum atomic E-state index is 0.219. The Kier molecular flexibility index (Phi) is 6.64. The molecule has 4 unspecified atom stereocenters. The van der Waals surface area contributed by atoms with Crippen molar-refractivity contribution in [2.45, 2.75) is 57.3 Å². The predicted molar refractivity (Wildman–Crippen MR) is 119 cm³/mol. The smallest absolute Gasteiger partial charge is 0.00462 e. The van der Waals surface area contributed by atoms with Crippen molar-refractivity contribution in [1.29, 1.82) is 0 Å². The molecule has 1 heteroatoms. The summed E-state index contributed by atoms with van der Waals surface area (Å²) in [6, 6.07) is 6.61. The summed E-state index contributed by atoms with van der Waals surface area (Å²) in [5.41, 5.74) is 5.59. The van der Waals surface area contributed by atoms with E-state index < -0.39 is 0 Å². The molecule has 1 fully saturated rings. The Bertz CT molecular complexity index is 748. The van der Waals surface area contributed by atoms with Crippen LogP contribution in [0.4, 0.5) is 0 Å². The molecule has 4 atom stereocenters. The third-order valence-corrected chi connectivity index (χ3v) is 6.75. The summed E-state index contributed by atoms with van der Waals surface area (Å²) in [6.45, 7) is 16.8. The molecule has 26 heavy (non-hydrogen) atoms. The number of benzene rings is 1. The van der Waals surface area contributed by atoms with Gasteiger partial charge < -0.3 is 0 Å². The lowest BCUT2D eigenvalue weighted by atomic mass is 9.54. The van der Waals surface area contributed by atoms with Gasteiger partial charge >= 0.3 is 0 Å².